The van der Waals surface area contributed by atoms with Crippen LogP contribution in [-0.2, 0) is 12.8 Å². The Balaban J connectivity index is 1.56. The fourth-order valence-corrected chi connectivity index (χ4v) is 3.41. The molecule has 1 fully saturated rings. The van der Waals surface area contributed by atoms with Crippen molar-refractivity contribution >= 4 is 11.8 Å². The summed E-state index contributed by atoms with van der Waals surface area (Å²) in [5.41, 5.74) is 2.06. The molecule has 1 aliphatic carbocycles. The molecule has 2 aromatic rings. The number of benzene rings is 1. The van der Waals surface area contributed by atoms with Gasteiger partial charge in [0.2, 0.25) is 0 Å². The van der Waals surface area contributed by atoms with Gasteiger partial charge in [-0.1, -0.05) is 30.3 Å². The third-order valence-electron chi connectivity index (χ3n) is 4.92. The molecule has 1 N–H and O–H groups in total. The van der Waals surface area contributed by atoms with Crippen molar-refractivity contribution < 1.29 is 14.0 Å². The number of aryl methyl sites for hydroxylation is 1. The largest absolute Gasteiger partial charge is 0.468 e. The maximum atomic E-state index is 13.1. The van der Waals surface area contributed by atoms with E-state index in [0.717, 1.165) is 25.7 Å². The number of amides is 2. The van der Waals surface area contributed by atoms with E-state index in [4.69, 9.17) is 4.42 Å². The SMILES string of the molecule is O=C1NCCCc2occ(C(=O)N(CCc3ccccc3)C3CC3)c21. The van der Waals surface area contributed by atoms with Gasteiger partial charge in [0.25, 0.3) is 11.8 Å². The number of furan rings is 1. The second kappa shape index (κ2) is 6.75. The molecule has 4 rings (SSSR count). The topological polar surface area (TPSA) is 62.6 Å². The molecule has 1 aromatic carbocycles. The third-order valence-corrected chi connectivity index (χ3v) is 4.92. The van der Waals surface area contributed by atoms with Gasteiger partial charge in [0, 0.05) is 25.6 Å². The van der Waals surface area contributed by atoms with E-state index in [1.807, 2.05) is 23.1 Å². The molecule has 1 aliphatic heterocycles. The maximum Gasteiger partial charge on any atom is 0.258 e. The van der Waals surface area contributed by atoms with Crippen LogP contribution in [-0.4, -0.2) is 35.8 Å². The van der Waals surface area contributed by atoms with Gasteiger partial charge in [-0.2, -0.15) is 0 Å². The average molecular weight is 338 g/mol. The van der Waals surface area contributed by atoms with Crippen LogP contribution in [0, 0.1) is 0 Å². The summed E-state index contributed by atoms with van der Waals surface area (Å²) in [4.78, 5) is 27.4. The molecule has 25 heavy (non-hydrogen) atoms. The summed E-state index contributed by atoms with van der Waals surface area (Å²) in [5.74, 6) is 0.362. The molecule has 1 aromatic heterocycles. The van der Waals surface area contributed by atoms with E-state index in [1.54, 1.807) is 0 Å². The molecule has 2 aliphatic rings. The van der Waals surface area contributed by atoms with Gasteiger partial charge in [-0.15, -0.1) is 0 Å². The third kappa shape index (κ3) is 3.31. The van der Waals surface area contributed by atoms with Crippen molar-refractivity contribution in [2.45, 2.75) is 38.1 Å². The van der Waals surface area contributed by atoms with Crippen molar-refractivity contribution in [3.63, 3.8) is 0 Å². The van der Waals surface area contributed by atoms with Crippen molar-refractivity contribution in [2.75, 3.05) is 13.1 Å². The van der Waals surface area contributed by atoms with Gasteiger partial charge in [0.15, 0.2) is 0 Å². The predicted molar refractivity (Wildman–Crippen MR) is 93.6 cm³/mol. The zero-order valence-electron chi connectivity index (χ0n) is 14.2. The standard InChI is InChI=1S/C20H22N2O3/c23-19-18-16(13-25-17(18)7-4-11-21-19)20(24)22(15-8-9-15)12-10-14-5-2-1-3-6-14/h1-3,5-6,13,15H,4,7-12H2,(H,21,23). The van der Waals surface area contributed by atoms with Crippen LogP contribution >= 0.6 is 0 Å². The summed E-state index contributed by atoms with van der Waals surface area (Å²) in [6.45, 7) is 1.28. The molecule has 0 saturated heterocycles. The van der Waals surface area contributed by atoms with Gasteiger partial charge in [0.1, 0.15) is 12.0 Å². The number of rotatable bonds is 5. The summed E-state index contributed by atoms with van der Waals surface area (Å²) < 4.78 is 5.56. The highest BCUT2D eigenvalue weighted by Crippen LogP contribution is 2.30. The van der Waals surface area contributed by atoms with Crippen LogP contribution in [0.25, 0.3) is 0 Å². The zero-order valence-corrected chi connectivity index (χ0v) is 14.2. The van der Waals surface area contributed by atoms with Gasteiger partial charge in [-0.05, 0) is 31.2 Å². The number of nitrogens with zero attached hydrogens (tertiary/aromatic N) is 1. The lowest BCUT2D eigenvalue weighted by molar-refractivity contribution is 0.0738. The monoisotopic (exact) mass is 338 g/mol. The highest BCUT2D eigenvalue weighted by atomic mass is 16.3. The normalized spacial score (nSPS) is 16.7. The minimum Gasteiger partial charge on any atom is -0.468 e. The first-order chi connectivity index (χ1) is 12.2. The first-order valence-corrected chi connectivity index (χ1v) is 8.97. The summed E-state index contributed by atoms with van der Waals surface area (Å²) >= 11 is 0. The fraction of sp³-hybridized carbons (Fsp3) is 0.400. The van der Waals surface area contributed by atoms with Crippen molar-refractivity contribution in [3.05, 3.63) is 59.0 Å². The Morgan fingerprint density at radius 1 is 1.24 bits per heavy atom. The second-order valence-electron chi connectivity index (χ2n) is 6.77. The predicted octanol–water partition coefficient (Wildman–Crippen LogP) is 2.80. The number of hydrogen-bond acceptors (Lipinski definition) is 3. The first kappa shape index (κ1) is 15.9. The van der Waals surface area contributed by atoms with Crippen LogP contribution in [0.1, 0.15) is 51.3 Å². The number of carbonyl (C=O) groups excluding carboxylic acids is 2. The highest BCUT2D eigenvalue weighted by molar-refractivity contribution is 6.08. The van der Waals surface area contributed by atoms with E-state index in [1.165, 1.54) is 11.8 Å². The Hall–Kier alpha value is -2.56. The van der Waals surface area contributed by atoms with E-state index in [9.17, 15) is 9.59 Å². The van der Waals surface area contributed by atoms with Crippen LogP contribution in [0.5, 0.6) is 0 Å². The van der Waals surface area contributed by atoms with Crippen molar-refractivity contribution in [2.24, 2.45) is 0 Å². The quantitative estimate of drug-likeness (QED) is 0.912. The van der Waals surface area contributed by atoms with Crippen molar-refractivity contribution in [1.29, 1.82) is 0 Å². The minimum absolute atomic E-state index is 0.0829. The summed E-state index contributed by atoms with van der Waals surface area (Å²) in [6.07, 6.45) is 5.87. The summed E-state index contributed by atoms with van der Waals surface area (Å²) in [7, 11) is 0. The molecule has 0 spiro atoms. The van der Waals surface area contributed by atoms with Crippen LogP contribution < -0.4 is 5.32 Å². The fourth-order valence-electron chi connectivity index (χ4n) is 3.41. The van der Waals surface area contributed by atoms with Gasteiger partial charge in [-0.3, -0.25) is 9.59 Å². The lowest BCUT2D eigenvalue weighted by atomic mass is 10.1. The molecule has 0 unspecified atom stereocenters. The molecule has 1 saturated carbocycles. The number of fused-ring (bicyclic) bond motifs is 1. The molecule has 0 radical (unpaired) electrons. The van der Waals surface area contributed by atoms with Gasteiger partial charge < -0.3 is 14.6 Å². The van der Waals surface area contributed by atoms with Crippen LogP contribution in [0.15, 0.2) is 41.0 Å². The van der Waals surface area contributed by atoms with E-state index in [-0.39, 0.29) is 17.9 Å². The van der Waals surface area contributed by atoms with Gasteiger partial charge in [-0.25, -0.2) is 0 Å². The molecule has 5 heteroatoms. The lowest BCUT2D eigenvalue weighted by Crippen LogP contribution is -2.36. The van der Waals surface area contributed by atoms with E-state index in [0.29, 0.717) is 36.4 Å². The second-order valence-corrected chi connectivity index (χ2v) is 6.77. The maximum absolute atomic E-state index is 13.1. The van der Waals surface area contributed by atoms with Crippen molar-refractivity contribution in [3.8, 4) is 0 Å². The number of hydrogen-bond donors (Lipinski definition) is 1. The van der Waals surface area contributed by atoms with Crippen LogP contribution in [0.4, 0.5) is 0 Å². The Kier molecular flexibility index (Phi) is 4.30. The summed E-state index contributed by atoms with van der Waals surface area (Å²) in [5, 5.41) is 2.85. The van der Waals surface area contributed by atoms with E-state index in [2.05, 4.69) is 17.4 Å². The van der Waals surface area contributed by atoms with Gasteiger partial charge >= 0.3 is 0 Å². The van der Waals surface area contributed by atoms with Crippen molar-refractivity contribution in [1.82, 2.24) is 10.2 Å². The van der Waals surface area contributed by atoms with Gasteiger partial charge in [0.05, 0.1) is 11.1 Å². The molecule has 0 bridgehead atoms. The molecule has 0 atom stereocenters. The van der Waals surface area contributed by atoms with Crippen LogP contribution in [0.3, 0.4) is 0 Å². The highest BCUT2D eigenvalue weighted by Gasteiger charge is 2.36. The lowest BCUT2D eigenvalue weighted by Gasteiger charge is -2.22. The average Bonchev–Trinajstić information content (AvgIpc) is 3.40. The summed E-state index contributed by atoms with van der Waals surface area (Å²) in [6, 6.07) is 10.5. The molecular formula is C20H22N2O3. The minimum atomic E-state index is -0.191. The molecule has 130 valence electrons. The molecule has 2 heterocycles. The molecular weight excluding hydrogens is 316 g/mol. The Morgan fingerprint density at radius 3 is 2.80 bits per heavy atom. The smallest absolute Gasteiger partial charge is 0.258 e. The Bertz CT molecular complexity index is 777. The van der Waals surface area contributed by atoms with E-state index >= 15 is 0 Å². The first-order valence-electron chi connectivity index (χ1n) is 8.97. The molecule has 2 amide bonds. The Morgan fingerprint density at radius 2 is 2.04 bits per heavy atom. The molecule has 5 nitrogen and oxygen atoms in total. The van der Waals surface area contributed by atoms with E-state index < -0.39 is 0 Å². The number of nitrogens with one attached hydrogen (secondary N) is 1. The number of carbonyl (C=O) groups is 2. The Labute approximate surface area is 147 Å². The zero-order chi connectivity index (χ0) is 17.2. The van der Waals surface area contributed by atoms with Crippen LogP contribution in [0.2, 0.25) is 0 Å².